The predicted molar refractivity (Wildman–Crippen MR) is 80.5 cm³/mol. The van der Waals surface area contributed by atoms with Gasteiger partial charge in [-0.2, -0.15) is 0 Å². The SMILES string of the molecule is CC1(c2ccc(C(=O)CBr)s2)OCCN(C2CC2)C1=O. The fourth-order valence-corrected chi connectivity index (χ4v) is 4.03. The Balaban J connectivity index is 1.88. The summed E-state index contributed by atoms with van der Waals surface area (Å²) in [5.74, 6) is 0.0677. The number of amides is 1. The molecule has 2 aliphatic rings. The number of alkyl halides is 1. The van der Waals surface area contributed by atoms with Crippen LogP contribution in [-0.4, -0.2) is 41.1 Å². The first-order valence-electron chi connectivity index (χ1n) is 6.71. The van der Waals surface area contributed by atoms with Crippen molar-refractivity contribution in [3.63, 3.8) is 0 Å². The van der Waals surface area contributed by atoms with Crippen LogP contribution >= 0.6 is 27.3 Å². The van der Waals surface area contributed by atoms with Crippen molar-refractivity contribution in [1.82, 2.24) is 4.90 Å². The molecule has 4 nitrogen and oxygen atoms in total. The number of carbonyl (C=O) groups is 2. The molecule has 1 atom stereocenters. The highest BCUT2D eigenvalue weighted by Gasteiger charge is 2.47. The van der Waals surface area contributed by atoms with Crippen LogP contribution in [0.25, 0.3) is 0 Å². The molecule has 6 heteroatoms. The lowest BCUT2D eigenvalue weighted by Gasteiger charge is -2.39. The monoisotopic (exact) mass is 357 g/mol. The number of rotatable bonds is 4. The second-order valence-corrected chi connectivity index (χ2v) is 6.98. The molecule has 108 valence electrons. The number of morpholine rings is 1. The van der Waals surface area contributed by atoms with Crippen molar-refractivity contribution >= 4 is 39.0 Å². The number of nitrogens with zero attached hydrogens (tertiary/aromatic N) is 1. The molecule has 0 radical (unpaired) electrons. The summed E-state index contributed by atoms with van der Waals surface area (Å²) >= 11 is 4.53. The van der Waals surface area contributed by atoms with Crippen LogP contribution in [-0.2, 0) is 15.1 Å². The molecule has 0 spiro atoms. The zero-order valence-corrected chi connectivity index (χ0v) is 13.6. The quantitative estimate of drug-likeness (QED) is 0.614. The van der Waals surface area contributed by atoms with Crippen molar-refractivity contribution in [3.8, 4) is 0 Å². The summed E-state index contributed by atoms with van der Waals surface area (Å²) in [5.41, 5.74) is -0.934. The molecule has 1 aromatic rings. The maximum absolute atomic E-state index is 12.7. The van der Waals surface area contributed by atoms with Crippen LogP contribution in [0.1, 0.15) is 34.3 Å². The number of hydrogen-bond acceptors (Lipinski definition) is 4. The number of ether oxygens (including phenoxy) is 1. The lowest BCUT2D eigenvalue weighted by molar-refractivity contribution is -0.171. The Hall–Kier alpha value is -0.720. The largest absolute Gasteiger partial charge is 0.358 e. The minimum absolute atomic E-state index is 0.0333. The van der Waals surface area contributed by atoms with Crippen LogP contribution in [0.4, 0.5) is 0 Å². The highest BCUT2D eigenvalue weighted by molar-refractivity contribution is 9.09. The summed E-state index contributed by atoms with van der Waals surface area (Å²) < 4.78 is 5.79. The van der Waals surface area contributed by atoms with Crippen LogP contribution in [0.5, 0.6) is 0 Å². The highest BCUT2D eigenvalue weighted by Crippen LogP contribution is 2.39. The van der Waals surface area contributed by atoms with Gasteiger partial charge >= 0.3 is 0 Å². The van der Waals surface area contributed by atoms with Crippen molar-refractivity contribution in [2.24, 2.45) is 0 Å². The number of Topliss-reactive ketones (excluding diaryl/α,β-unsaturated/α-hetero) is 1. The second kappa shape index (κ2) is 5.24. The number of thiophene rings is 1. The smallest absolute Gasteiger partial charge is 0.260 e. The molecule has 0 bridgehead atoms. The predicted octanol–water partition coefficient (Wildman–Crippen LogP) is 2.56. The van der Waals surface area contributed by atoms with Gasteiger partial charge in [-0.3, -0.25) is 9.59 Å². The van der Waals surface area contributed by atoms with E-state index in [0.717, 1.165) is 17.7 Å². The summed E-state index contributed by atoms with van der Waals surface area (Å²) in [6.45, 7) is 3.05. The fourth-order valence-electron chi connectivity index (χ4n) is 2.51. The normalized spacial score (nSPS) is 26.9. The Morgan fingerprint density at radius 3 is 2.95 bits per heavy atom. The molecule has 1 aliphatic heterocycles. The van der Waals surface area contributed by atoms with Gasteiger partial charge in [0, 0.05) is 17.5 Å². The van der Waals surface area contributed by atoms with Crippen molar-refractivity contribution in [2.45, 2.75) is 31.4 Å². The van der Waals surface area contributed by atoms with E-state index < -0.39 is 5.60 Å². The van der Waals surface area contributed by atoms with Crippen LogP contribution in [0.2, 0.25) is 0 Å². The molecule has 0 N–H and O–H groups in total. The van der Waals surface area contributed by atoms with E-state index in [1.807, 2.05) is 17.9 Å². The van der Waals surface area contributed by atoms with Crippen molar-refractivity contribution in [2.75, 3.05) is 18.5 Å². The van der Waals surface area contributed by atoms with Crippen molar-refractivity contribution in [3.05, 3.63) is 21.9 Å². The van der Waals surface area contributed by atoms with Gasteiger partial charge in [0.15, 0.2) is 11.4 Å². The molecule has 20 heavy (non-hydrogen) atoms. The van der Waals surface area contributed by atoms with E-state index in [1.54, 1.807) is 6.07 Å². The third kappa shape index (κ3) is 2.34. The van der Waals surface area contributed by atoms with Crippen LogP contribution in [0, 0.1) is 0 Å². The molecule has 1 saturated carbocycles. The van der Waals surface area contributed by atoms with E-state index in [9.17, 15) is 9.59 Å². The van der Waals surface area contributed by atoms with Gasteiger partial charge in [-0.25, -0.2) is 0 Å². The number of halogens is 1. The third-order valence-corrected chi connectivity index (χ3v) is 5.69. The minimum Gasteiger partial charge on any atom is -0.358 e. The van der Waals surface area contributed by atoms with E-state index in [0.29, 0.717) is 29.4 Å². The molecule has 0 aromatic carbocycles. The Morgan fingerprint density at radius 1 is 1.55 bits per heavy atom. The van der Waals surface area contributed by atoms with Crippen LogP contribution in [0.15, 0.2) is 12.1 Å². The molecule has 3 rings (SSSR count). The van der Waals surface area contributed by atoms with Gasteiger partial charge in [0.05, 0.1) is 16.8 Å². The first-order chi connectivity index (χ1) is 9.56. The van der Waals surface area contributed by atoms with Gasteiger partial charge in [-0.05, 0) is 31.9 Å². The minimum atomic E-state index is -0.934. The zero-order valence-electron chi connectivity index (χ0n) is 11.2. The molecule has 1 amide bonds. The summed E-state index contributed by atoms with van der Waals surface area (Å²) in [6.07, 6.45) is 2.19. The van der Waals surface area contributed by atoms with Gasteiger partial charge in [0.2, 0.25) is 0 Å². The first kappa shape index (κ1) is 14.2. The lowest BCUT2D eigenvalue weighted by atomic mass is 10.0. The van der Waals surface area contributed by atoms with Crippen molar-refractivity contribution in [1.29, 1.82) is 0 Å². The van der Waals surface area contributed by atoms with E-state index in [1.165, 1.54) is 11.3 Å². The standard InChI is InChI=1S/C14H16BrNO3S/c1-14(12-5-4-11(20-12)10(17)8-15)13(18)16(6-7-19-14)9-2-3-9/h4-5,9H,2-3,6-8H2,1H3. The molecule has 1 unspecified atom stereocenters. The van der Waals surface area contributed by atoms with Crippen molar-refractivity contribution < 1.29 is 14.3 Å². The van der Waals surface area contributed by atoms with E-state index >= 15 is 0 Å². The first-order valence-corrected chi connectivity index (χ1v) is 8.64. The van der Waals surface area contributed by atoms with Crippen LogP contribution < -0.4 is 0 Å². The van der Waals surface area contributed by atoms with E-state index in [-0.39, 0.29) is 11.7 Å². The lowest BCUT2D eigenvalue weighted by Crippen LogP contribution is -2.53. The maximum atomic E-state index is 12.7. The zero-order chi connectivity index (χ0) is 14.3. The molecular formula is C14H16BrNO3S. The summed E-state index contributed by atoms with van der Waals surface area (Å²) in [4.78, 5) is 27.8. The highest BCUT2D eigenvalue weighted by atomic mass is 79.9. The maximum Gasteiger partial charge on any atom is 0.260 e. The molecular weight excluding hydrogens is 342 g/mol. The summed E-state index contributed by atoms with van der Waals surface area (Å²) in [6, 6.07) is 4.02. The number of carbonyl (C=O) groups excluding carboxylic acids is 2. The Kier molecular flexibility index (Phi) is 3.73. The molecule has 2 heterocycles. The Morgan fingerprint density at radius 2 is 2.30 bits per heavy atom. The Labute approximate surface area is 130 Å². The summed E-state index contributed by atoms with van der Waals surface area (Å²) in [7, 11) is 0. The molecule has 1 saturated heterocycles. The topological polar surface area (TPSA) is 46.6 Å². The summed E-state index contributed by atoms with van der Waals surface area (Å²) in [5, 5.41) is 0.298. The average molecular weight is 358 g/mol. The second-order valence-electron chi connectivity index (χ2n) is 5.33. The van der Waals surface area contributed by atoms with Gasteiger partial charge in [-0.15, -0.1) is 11.3 Å². The van der Waals surface area contributed by atoms with Gasteiger partial charge in [-0.1, -0.05) is 15.9 Å². The number of hydrogen-bond donors (Lipinski definition) is 0. The van der Waals surface area contributed by atoms with Gasteiger partial charge < -0.3 is 9.64 Å². The van der Waals surface area contributed by atoms with Gasteiger partial charge in [0.25, 0.3) is 5.91 Å². The van der Waals surface area contributed by atoms with E-state index in [2.05, 4.69) is 15.9 Å². The van der Waals surface area contributed by atoms with Crippen LogP contribution in [0.3, 0.4) is 0 Å². The fraction of sp³-hybridized carbons (Fsp3) is 0.571. The Bertz CT molecular complexity index is 554. The third-order valence-electron chi connectivity index (χ3n) is 3.85. The molecule has 2 fully saturated rings. The average Bonchev–Trinajstić information content (AvgIpc) is 3.16. The molecule has 1 aliphatic carbocycles. The van der Waals surface area contributed by atoms with Gasteiger partial charge in [0.1, 0.15) is 0 Å². The number of ketones is 1. The van der Waals surface area contributed by atoms with E-state index in [4.69, 9.17) is 4.74 Å². The molecule has 1 aromatic heterocycles.